The Balaban J connectivity index is 1.60. The molecule has 0 radical (unpaired) electrons. The van der Waals surface area contributed by atoms with Gasteiger partial charge in [-0.3, -0.25) is 9.48 Å². The summed E-state index contributed by atoms with van der Waals surface area (Å²) in [5.41, 5.74) is 3.84. The van der Waals surface area contributed by atoms with Crippen molar-refractivity contribution in [2.75, 3.05) is 5.32 Å². The fourth-order valence-electron chi connectivity index (χ4n) is 2.35. The average molecular weight is 352 g/mol. The van der Waals surface area contributed by atoms with Crippen molar-refractivity contribution >= 4 is 29.3 Å². The SMILES string of the molecule is Cc1ccc(Cn2cc(NC(=O)/C=C/c3ccccc3Cl)cn2)cc1. The van der Waals surface area contributed by atoms with E-state index in [0.717, 1.165) is 11.1 Å². The van der Waals surface area contributed by atoms with Crippen molar-refractivity contribution in [3.63, 3.8) is 0 Å². The normalized spacial score (nSPS) is 11.0. The second-order valence-electron chi connectivity index (χ2n) is 5.76. The van der Waals surface area contributed by atoms with E-state index in [1.54, 1.807) is 29.2 Å². The molecular formula is C20H18ClN3O. The van der Waals surface area contributed by atoms with Gasteiger partial charge in [0.05, 0.1) is 18.4 Å². The number of carbonyl (C=O) groups excluding carboxylic acids is 1. The van der Waals surface area contributed by atoms with Gasteiger partial charge < -0.3 is 5.32 Å². The number of nitrogens with one attached hydrogen (secondary N) is 1. The van der Waals surface area contributed by atoms with Crippen LogP contribution in [0.25, 0.3) is 6.08 Å². The van der Waals surface area contributed by atoms with Crippen molar-refractivity contribution in [3.05, 3.63) is 88.7 Å². The molecule has 0 aliphatic carbocycles. The van der Waals surface area contributed by atoms with Crippen LogP contribution in [0.2, 0.25) is 5.02 Å². The number of halogens is 1. The van der Waals surface area contributed by atoms with Gasteiger partial charge in [0, 0.05) is 17.3 Å². The van der Waals surface area contributed by atoms with E-state index in [4.69, 9.17) is 11.6 Å². The zero-order valence-corrected chi connectivity index (χ0v) is 14.6. The standard InChI is InChI=1S/C20H18ClN3O/c1-15-6-8-16(9-7-15)13-24-14-18(12-22-24)23-20(25)11-10-17-4-2-3-5-19(17)21/h2-12,14H,13H2,1H3,(H,23,25)/b11-10+. The van der Waals surface area contributed by atoms with Gasteiger partial charge in [0.1, 0.15) is 0 Å². The minimum Gasteiger partial charge on any atom is -0.320 e. The summed E-state index contributed by atoms with van der Waals surface area (Å²) in [5.74, 6) is -0.227. The van der Waals surface area contributed by atoms with Gasteiger partial charge in [-0.1, -0.05) is 59.6 Å². The van der Waals surface area contributed by atoms with E-state index in [0.29, 0.717) is 17.3 Å². The van der Waals surface area contributed by atoms with Crippen molar-refractivity contribution in [1.82, 2.24) is 9.78 Å². The van der Waals surface area contributed by atoms with Crippen LogP contribution in [0.5, 0.6) is 0 Å². The van der Waals surface area contributed by atoms with Crippen molar-refractivity contribution < 1.29 is 4.79 Å². The van der Waals surface area contributed by atoms with Crippen LogP contribution in [0.4, 0.5) is 5.69 Å². The number of anilines is 1. The number of hydrogen-bond acceptors (Lipinski definition) is 2. The second kappa shape index (κ2) is 7.81. The van der Waals surface area contributed by atoms with Gasteiger partial charge in [-0.15, -0.1) is 0 Å². The van der Waals surface area contributed by atoms with E-state index >= 15 is 0 Å². The first kappa shape index (κ1) is 17.0. The molecular weight excluding hydrogens is 334 g/mol. The van der Waals surface area contributed by atoms with Crippen LogP contribution < -0.4 is 5.32 Å². The third kappa shape index (κ3) is 4.81. The first-order chi connectivity index (χ1) is 12.1. The fourth-order valence-corrected chi connectivity index (χ4v) is 2.55. The molecule has 25 heavy (non-hydrogen) atoms. The quantitative estimate of drug-likeness (QED) is 0.686. The molecule has 0 bridgehead atoms. The van der Waals surface area contributed by atoms with Crippen LogP contribution >= 0.6 is 11.6 Å². The molecule has 0 unspecified atom stereocenters. The van der Waals surface area contributed by atoms with Crippen molar-refractivity contribution in [1.29, 1.82) is 0 Å². The lowest BCUT2D eigenvalue weighted by atomic mass is 10.1. The van der Waals surface area contributed by atoms with E-state index in [-0.39, 0.29) is 5.91 Å². The van der Waals surface area contributed by atoms with Crippen molar-refractivity contribution in [3.8, 4) is 0 Å². The molecule has 2 aromatic carbocycles. The summed E-state index contributed by atoms with van der Waals surface area (Å²) < 4.78 is 1.79. The Bertz CT molecular complexity index is 897. The van der Waals surface area contributed by atoms with Gasteiger partial charge in [-0.05, 0) is 30.2 Å². The summed E-state index contributed by atoms with van der Waals surface area (Å²) in [6, 6.07) is 15.6. The molecule has 0 fully saturated rings. The molecule has 0 saturated heterocycles. The van der Waals surface area contributed by atoms with E-state index in [1.165, 1.54) is 11.6 Å². The van der Waals surface area contributed by atoms with E-state index in [9.17, 15) is 4.79 Å². The molecule has 1 heterocycles. The van der Waals surface area contributed by atoms with Crippen LogP contribution in [0.1, 0.15) is 16.7 Å². The Kier molecular flexibility index (Phi) is 5.31. The zero-order valence-electron chi connectivity index (χ0n) is 13.8. The van der Waals surface area contributed by atoms with Crippen LogP contribution in [-0.2, 0) is 11.3 Å². The van der Waals surface area contributed by atoms with Crippen LogP contribution in [0, 0.1) is 6.92 Å². The molecule has 0 spiro atoms. The molecule has 0 atom stereocenters. The van der Waals surface area contributed by atoms with Crippen LogP contribution in [-0.4, -0.2) is 15.7 Å². The number of hydrogen-bond donors (Lipinski definition) is 1. The highest BCUT2D eigenvalue weighted by Gasteiger charge is 2.03. The monoisotopic (exact) mass is 351 g/mol. The maximum Gasteiger partial charge on any atom is 0.248 e. The Labute approximate surface area is 151 Å². The minimum atomic E-state index is -0.227. The Hall–Kier alpha value is -2.85. The predicted octanol–water partition coefficient (Wildman–Crippen LogP) is 4.55. The lowest BCUT2D eigenvalue weighted by molar-refractivity contribution is -0.111. The minimum absolute atomic E-state index is 0.227. The molecule has 3 rings (SSSR count). The van der Waals surface area contributed by atoms with Crippen molar-refractivity contribution in [2.24, 2.45) is 0 Å². The maximum absolute atomic E-state index is 12.0. The summed E-state index contributed by atoms with van der Waals surface area (Å²) in [5, 5.41) is 7.68. The second-order valence-corrected chi connectivity index (χ2v) is 6.16. The number of benzene rings is 2. The molecule has 4 nitrogen and oxygen atoms in total. The van der Waals surface area contributed by atoms with Crippen LogP contribution in [0.15, 0.2) is 67.0 Å². The lowest BCUT2D eigenvalue weighted by Gasteiger charge is -2.02. The molecule has 126 valence electrons. The summed E-state index contributed by atoms with van der Waals surface area (Å²) >= 11 is 6.06. The number of carbonyl (C=O) groups is 1. The largest absolute Gasteiger partial charge is 0.320 e. The van der Waals surface area contributed by atoms with Crippen molar-refractivity contribution in [2.45, 2.75) is 13.5 Å². The van der Waals surface area contributed by atoms with Gasteiger partial charge in [0.25, 0.3) is 0 Å². The maximum atomic E-state index is 12.0. The molecule has 1 N–H and O–H groups in total. The Morgan fingerprint density at radius 2 is 1.96 bits per heavy atom. The fraction of sp³-hybridized carbons (Fsp3) is 0.100. The number of amides is 1. The van der Waals surface area contributed by atoms with E-state index < -0.39 is 0 Å². The lowest BCUT2D eigenvalue weighted by Crippen LogP contribution is -2.07. The molecule has 3 aromatic rings. The third-order valence-electron chi connectivity index (χ3n) is 3.69. The molecule has 1 aromatic heterocycles. The summed E-state index contributed by atoms with van der Waals surface area (Å²) in [6.07, 6.45) is 6.59. The Morgan fingerprint density at radius 1 is 1.20 bits per heavy atom. The smallest absolute Gasteiger partial charge is 0.248 e. The van der Waals surface area contributed by atoms with Gasteiger partial charge in [-0.25, -0.2) is 0 Å². The highest BCUT2D eigenvalue weighted by Crippen LogP contribution is 2.16. The highest BCUT2D eigenvalue weighted by atomic mass is 35.5. The van der Waals surface area contributed by atoms with Gasteiger partial charge in [-0.2, -0.15) is 5.10 Å². The number of nitrogens with zero attached hydrogens (tertiary/aromatic N) is 2. The summed E-state index contributed by atoms with van der Waals surface area (Å²) in [7, 11) is 0. The van der Waals surface area contributed by atoms with E-state index in [2.05, 4.69) is 41.6 Å². The summed E-state index contributed by atoms with van der Waals surface area (Å²) in [6.45, 7) is 2.72. The molecule has 5 heteroatoms. The Morgan fingerprint density at radius 3 is 2.72 bits per heavy atom. The third-order valence-corrected chi connectivity index (χ3v) is 4.03. The predicted molar refractivity (Wildman–Crippen MR) is 102 cm³/mol. The van der Waals surface area contributed by atoms with Crippen LogP contribution in [0.3, 0.4) is 0 Å². The molecule has 0 aliphatic rings. The number of aromatic nitrogens is 2. The topological polar surface area (TPSA) is 46.9 Å². The molecule has 0 aliphatic heterocycles. The first-order valence-electron chi connectivity index (χ1n) is 7.92. The van der Waals surface area contributed by atoms with Gasteiger partial charge in [0.2, 0.25) is 5.91 Å². The summed E-state index contributed by atoms with van der Waals surface area (Å²) in [4.78, 5) is 12.0. The highest BCUT2D eigenvalue weighted by molar-refractivity contribution is 6.32. The number of rotatable bonds is 5. The van der Waals surface area contributed by atoms with Gasteiger partial charge >= 0.3 is 0 Å². The number of aryl methyl sites for hydroxylation is 1. The molecule has 1 amide bonds. The average Bonchev–Trinajstić information content (AvgIpc) is 3.03. The first-order valence-corrected chi connectivity index (χ1v) is 8.29. The van der Waals surface area contributed by atoms with E-state index in [1.807, 2.05) is 18.2 Å². The zero-order chi connectivity index (χ0) is 17.6. The van der Waals surface area contributed by atoms with Gasteiger partial charge in [0.15, 0.2) is 0 Å². The molecule has 0 saturated carbocycles.